The molecule has 0 saturated carbocycles. The molecule has 0 N–H and O–H groups in total. The van der Waals surface area contributed by atoms with Gasteiger partial charge in [0.15, 0.2) is 5.78 Å². The summed E-state index contributed by atoms with van der Waals surface area (Å²) in [6.45, 7) is 9.65. The number of hydrogen-bond acceptors (Lipinski definition) is 4. The van der Waals surface area contributed by atoms with Crippen molar-refractivity contribution in [3.8, 4) is 5.75 Å². The van der Waals surface area contributed by atoms with Crippen LogP contribution < -0.4 is 4.74 Å². The zero-order valence-corrected chi connectivity index (χ0v) is 17.1. The standard InChI is InChI=1S/C20H26ClNO2S/c1-6-7-10-22-13-18(20(2,3)4)25-19(22)12-16(23)15-11-14(21)8-9-17(15)24-5/h8-9,11-13H,6-7,10H2,1-5H3/b19-12+. The van der Waals surface area contributed by atoms with Gasteiger partial charge < -0.3 is 9.64 Å². The molecule has 1 aromatic carbocycles. The highest BCUT2D eigenvalue weighted by atomic mass is 35.5. The summed E-state index contributed by atoms with van der Waals surface area (Å²) in [6.07, 6.45) is 6.07. The minimum atomic E-state index is -0.0908. The topological polar surface area (TPSA) is 29.5 Å². The zero-order valence-electron chi connectivity index (χ0n) is 15.6. The molecular formula is C20H26ClNO2S. The molecule has 0 radical (unpaired) electrons. The van der Waals surface area contributed by atoms with Crippen molar-refractivity contribution < 1.29 is 9.53 Å². The number of allylic oxidation sites excluding steroid dienone is 2. The number of benzene rings is 1. The first kappa shape index (κ1) is 19.9. The Hall–Kier alpha value is -1.39. The number of hydrogen-bond donors (Lipinski definition) is 0. The molecule has 0 amide bonds. The Morgan fingerprint density at radius 3 is 2.68 bits per heavy atom. The Labute approximate surface area is 160 Å². The number of carbonyl (C=O) groups is 1. The van der Waals surface area contributed by atoms with Gasteiger partial charge in [-0.25, -0.2) is 0 Å². The van der Waals surface area contributed by atoms with Crippen LogP contribution in [0.1, 0.15) is 50.9 Å². The summed E-state index contributed by atoms with van der Waals surface area (Å²) in [5, 5.41) is 1.49. The van der Waals surface area contributed by atoms with Crippen LogP contribution in [-0.4, -0.2) is 24.3 Å². The van der Waals surface area contributed by atoms with Crippen LogP contribution in [0.5, 0.6) is 5.75 Å². The summed E-state index contributed by atoms with van der Waals surface area (Å²) in [5.41, 5.74) is 0.546. The number of carbonyl (C=O) groups excluding carboxylic acids is 1. The molecule has 0 unspecified atom stereocenters. The molecule has 0 aromatic heterocycles. The maximum absolute atomic E-state index is 12.8. The van der Waals surface area contributed by atoms with Crippen molar-refractivity contribution in [2.75, 3.05) is 13.7 Å². The number of rotatable bonds is 6. The summed E-state index contributed by atoms with van der Waals surface area (Å²) in [4.78, 5) is 16.3. The molecule has 1 aliphatic rings. The number of unbranched alkanes of at least 4 members (excludes halogenated alkanes) is 1. The number of thioether (sulfide) groups is 1. The summed E-state index contributed by atoms with van der Waals surface area (Å²) in [7, 11) is 1.56. The number of methoxy groups -OCH3 is 1. The average Bonchev–Trinajstić information content (AvgIpc) is 2.95. The van der Waals surface area contributed by atoms with Crippen LogP contribution in [0, 0.1) is 5.41 Å². The van der Waals surface area contributed by atoms with E-state index in [0.29, 0.717) is 16.3 Å². The number of halogens is 1. The van der Waals surface area contributed by atoms with Crippen molar-refractivity contribution in [3.63, 3.8) is 0 Å². The summed E-state index contributed by atoms with van der Waals surface area (Å²) < 4.78 is 5.31. The zero-order chi connectivity index (χ0) is 18.6. The van der Waals surface area contributed by atoms with Gasteiger partial charge in [-0.15, -0.1) is 0 Å². The van der Waals surface area contributed by atoms with E-state index in [1.165, 1.54) is 4.91 Å². The van der Waals surface area contributed by atoms with Crippen LogP contribution in [0.2, 0.25) is 5.02 Å². The molecule has 0 saturated heterocycles. The number of nitrogens with zero attached hydrogens (tertiary/aromatic N) is 1. The second kappa shape index (κ2) is 8.33. The molecule has 2 rings (SSSR count). The first-order valence-corrected chi connectivity index (χ1v) is 9.72. The van der Waals surface area contributed by atoms with E-state index < -0.39 is 0 Å². The molecular weight excluding hydrogens is 354 g/mol. The minimum Gasteiger partial charge on any atom is -0.496 e. The van der Waals surface area contributed by atoms with E-state index in [0.717, 1.165) is 24.4 Å². The Kier molecular flexibility index (Phi) is 6.64. The van der Waals surface area contributed by atoms with Gasteiger partial charge in [0, 0.05) is 28.7 Å². The summed E-state index contributed by atoms with van der Waals surface area (Å²) >= 11 is 7.73. The molecule has 1 heterocycles. The van der Waals surface area contributed by atoms with Gasteiger partial charge in [0.1, 0.15) is 5.75 Å². The highest BCUT2D eigenvalue weighted by molar-refractivity contribution is 8.07. The van der Waals surface area contributed by atoms with Crippen molar-refractivity contribution in [1.82, 2.24) is 4.90 Å². The lowest BCUT2D eigenvalue weighted by molar-refractivity contribution is 0.104. The lowest BCUT2D eigenvalue weighted by Gasteiger charge is -2.17. The molecule has 1 aromatic rings. The predicted molar refractivity (Wildman–Crippen MR) is 107 cm³/mol. The van der Waals surface area contributed by atoms with Gasteiger partial charge in [0.25, 0.3) is 0 Å². The smallest absolute Gasteiger partial charge is 0.192 e. The molecule has 5 heteroatoms. The lowest BCUT2D eigenvalue weighted by atomic mass is 9.96. The Balaban J connectivity index is 2.32. The van der Waals surface area contributed by atoms with Crippen LogP contribution in [0.15, 0.2) is 40.4 Å². The normalized spacial score (nSPS) is 16.3. The highest BCUT2D eigenvalue weighted by Crippen LogP contribution is 2.45. The Bertz CT molecular complexity index is 704. The second-order valence-corrected chi connectivity index (χ2v) is 8.58. The van der Waals surface area contributed by atoms with Gasteiger partial charge in [-0.3, -0.25) is 4.79 Å². The second-order valence-electron chi connectivity index (χ2n) is 7.08. The van der Waals surface area contributed by atoms with Gasteiger partial charge in [0.2, 0.25) is 0 Å². The fourth-order valence-corrected chi connectivity index (χ4v) is 3.74. The average molecular weight is 380 g/mol. The lowest BCUT2D eigenvalue weighted by Crippen LogP contribution is -2.14. The third-order valence-electron chi connectivity index (χ3n) is 3.94. The van der Waals surface area contributed by atoms with Crippen LogP contribution in [0.3, 0.4) is 0 Å². The molecule has 25 heavy (non-hydrogen) atoms. The maximum atomic E-state index is 12.8. The molecule has 0 spiro atoms. The fraction of sp³-hybridized carbons (Fsp3) is 0.450. The van der Waals surface area contributed by atoms with E-state index in [4.69, 9.17) is 16.3 Å². The third-order valence-corrected chi connectivity index (χ3v) is 5.68. The predicted octanol–water partition coefficient (Wildman–Crippen LogP) is 6.11. The van der Waals surface area contributed by atoms with E-state index in [9.17, 15) is 4.79 Å². The third kappa shape index (κ3) is 5.05. The molecule has 0 bridgehead atoms. The molecule has 136 valence electrons. The molecule has 3 nitrogen and oxygen atoms in total. The summed E-state index contributed by atoms with van der Waals surface area (Å²) in [5.74, 6) is 0.449. The first-order valence-electron chi connectivity index (χ1n) is 8.52. The van der Waals surface area contributed by atoms with Gasteiger partial charge in [-0.2, -0.15) is 0 Å². The van der Waals surface area contributed by atoms with E-state index in [-0.39, 0.29) is 11.2 Å². The summed E-state index contributed by atoms with van der Waals surface area (Å²) in [6, 6.07) is 5.11. The fourth-order valence-electron chi connectivity index (χ4n) is 2.43. The van der Waals surface area contributed by atoms with E-state index in [1.807, 2.05) is 0 Å². The molecule has 0 aliphatic carbocycles. The molecule has 1 aliphatic heterocycles. The van der Waals surface area contributed by atoms with E-state index in [1.54, 1.807) is 43.1 Å². The van der Waals surface area contributed by atoms with E-state index in [2.05, 4.69) is 38.8 Å². The van der Waals surface area contributed by atoms with Crippen molar-refractivity contribution >= 4 is 29.1 Å². The Morgan fingerprint density at radius 1 is 1.36 bits per heavy atom. The van der Waals surface area contributed by atoms with Crippen LogP contribution in [0.4, 0.5) is 0 Å². The minimum absolute atomic E-state index is 0.0571. The monoisotopic (exact) mass is 379 g/mol. The van der Waals surface area contributed by atoms with Crippen molar-refractivity contribution in [2.45, 2.75) is 40.5 Å². The van der Waals surface area contributed by atoms with E-state index >= 15 is 0 Å². The number of ether oxygens (including phenoxy) is 1. The van der Waals surface area contributed by atoms with Crippen molar-refractivity contribution in [2.24, 2.45) is 5.41 Å². The molecule has 0 atom stereocenters. The largest absolute Gasteiger partial charge is 0.496 e. The molecule has 0 fully saturated rings. The van der Waals surface area contributed by atoms with Crippen LogP contribution in [0.25, 0.3) is 0 Å². The quantitative estimate of drug-likeness (QED) is 0.440. The van der Waals surface area contributed by atoms with Gasteiger partial charge in [-0.05, 0) is 30.0 Å². The van der Waals surface area contributed by atoms with Gasteiger partial charge in [-0.1, -0.05) is 57.5 Å². The SMILES string of the molecule is CCCCN1C=C(C(C)(C)C)S/C1=C/C(=O)c1cc(Cl)ccc1OC. The Morgan fingerprint density at radius 2 is 2.08 bits per heavy atom. The number of ketones is 1. The highest BCUT2D eigenvalue weighted by Gasteiger charge is 2.28. The van der Waals surface area contributed by atoms with Crippen molar-refractivity contribution in [3.05, 3.63) is 51.0 Å². The van der Waals surface area contributed by atoms with Crippen molar-refractivity contribution in [1.29, 1.82) is 0 Å². The van der Waals surface area contributed by atoms with Gasteiger partial charge in [0.05, 0.1) is 17.7 Å². The first-order chi connectivity index (χ1) is 11.8. The maximum Gasteiger partial charge on any atom is 0.192 e. The van der Waals surface area contributed by atoms with Crippen LogP contribution >= 0.6 is 23.4 Å². The van der Waals surface area contributed by atoms with Gasteiger partial charge >= 0.3 is 0 Å². The van der Waals surface area contributed by atoms with Crippen LogP contribution in [-0.2, 0) is 0 Å².